The van der Waals surface area contributed by atoms with Crippen LogP contribution in [0.5, 0.6) is 5.75 Å². The summed E-state index contributed by atoms with van der Waals surface area (Å²) in [5.74, 6) is 2.54. The van der Waals surface area contributed by atoms with E-state index in [2.05, 4.69) is 10.2 Å². The van der Waals surface area contributed by atoms with Crippen molar-refractivity contribution in [2.75, 3.05) is 32.9 Å². The summed E-state index contributed by atoms with van der Waals surface area (Å²) in [6.45, 7) is 9.44. The van der Waals surface area contributed by atoms with Crippen molar-refractivity contribution in [3.63, 3.8) is 0 Å². The molecule has 2 aliphatic heterocycles. The van der Waals surface area contributed by atoms with E-state index in [1.54, 1.807) is 0 Å². The number of benzene rings is 1. The molecule has 0 N–H and O–H groups in total. The zero-order valence-electron chi connectivity index (χ0n) is 18.1. The molecular formula is C23H31N3O4. The Morgan fingerprint density at radius 1 is 1.23 bits per heavy atom. The first-order chi connectivity index (χ1) is 14.5. The van der Waals surface area contributed by atoms with Gasteiger partial charge in [-0.2, -0.15) is 0 Å². The third-order valence-corrected chi connectivity index (χ3v) is 6.33. The van der Waals surface area contributed by atoms with E-state index < -0.39 is 0 Å². The van der Waals surface area contributed by atoms with Crippen molar-refractivity contribution in [1.29, 1.82) is 0 Å². The van der Waals surface area contributed by atoms with Crippen LogP contribution in [0.1, 0.15) is 62.8 Å². The first-order valence-corrected chi connectivity index (χ1v) is 10.9. The Bertz CT molecular complexity index is 856. The number of carbonyl (C=O) groups is 1. The molecule has 7 nitrogen and oxygen atoms in total. The number of hydrogen-bond acceptors (Lipinski definition) is 6. The molecule has 0 saturated carbocycles. The van der Waals surface area contributed by atoms with Gasteiger partial charge in [0.2, 0.25) is 17.7 Å². The van der Waals surface area contributed by atoms with Crippen LogP contribution < -0.4 is 4.74 Å². The average Bonchev–Trinajstić information content (AvgIpc) is 3.36. The molecule has 4 rings (SSSR count). The SMILES string of the molecule is CCOc1ccc(CC(=O)N2CC(c3nnc(C(C)C)o3)C3(CCOCC3)C2)cc1. The molecule has 30 heavy (non-hydrogen) atoms. The molecule has 3 heterocycles. The van der Waals surface area contributed by atoms with Crippen LogP contribution >= 0.6 is 0 Å². The van der Waals surface area contributed by atoms with E-state index >= 15 is 0 Å². The minimum atomic E-state index is -0.0481. The van der Waals surface area contributed by atoms with Crippen molar-refractivity contribution in [2.45, 2.75) is 51.9 Å². The molecule has 1 aromatic heterocycles. The number of ether oxygens (including phenoxy) is 2. The molecule has 2 aliphatic rings. The lowest BCUT2D eigenvalue weighted by atomic mass is 9.72. The Labute approximate surface area is 177 Å². The maximum absolute atomic E-state index is 13.1. The Kier molecular flexibility index (Phi) is 6.09. The van der Waals surface area contributed by atoms with E-state index in [0.29, 0.717) is 44.6 Å². The number of likely N-dealkylation sites (tertiary alicyclic amines) is 1. The molecular weight excluding hydrogens is 382 g/mol. The molecule has 2 aromatic rings. The maximum atomic E-state index is 13.1. The Morgan fingerprint density at radius 2 is 1.97 bits per heavy atom. The molecule has 1 amide bonds. The summed E-state index contributed by atoms with van der Waals surface area (Å²) in [6, 6.07) is 7.77. The van der Waals surface area contributed by atoms with Gasteiger partial charge in [-0.15, -0.1) is 10.2 Å². The fraction of sp³-hybridized carbons (Fsp3) is 0.609. The summed E-state index contributed by atoms with van der Waals surface area (Å²) < 4.78 is 17.1. The topological polar surface area (TPSA) is 77.7 Å². The summed E-state index contributed by atoms with van der Waals surface area (Å²) in [7, 11) is 0. The van der Waals surface area contributed by atoms with Gasteiger partial charge in [-0.1, -0.05) is 26.0 Å². The fourth-order valence-corrected chi connectivity index (χ4v) is 4.56. The van der Waals surface area contributed by atoms with Crippen LogP contribution in [0.15, 0.2) is 28.7 Å². The van der Waals surface area contributed by atoms with Crippen LogP contribution in [0.3, 0.4) is 0 Å². The van der Waals surface area contributed by atoms with E-state index in [1.807, 2.05) is 49.9 Å². The van der Waals surface area contributed by atoms with Gasteiger partial charge in [-0.05, 0) is 37.5 Å². The van der Waals surface area contributed by atoms with E-state index in [9.17, 15) is 4.79 Å². The molecule has 2 fully saturated rings. The molecule has 0 radical (unpaired) electrons. The zero-order chi connectivity index (χ0) is 21.1. The second-order valence-electron chi connectivity index (χ2n) is 8.69. The maximum Gasteiger partial charge on any atom is 0.227 e. The van der Waals surface area contributed by atoms with Crippen molar-refractivity contribution >= 4 is 5.91 Å². The predicted octanol–water partition coefficient (Wildman–Crippen LogP) is 3.56. The van der Waals surface area contributed by atoms with Crippen LogP contribution in [0, 0.1) is 5.41 Å². The highest BCUT2D eigenvalue weighted by Crippen LogP contribution is 2.49. The Hall–Kier alpha value is -2.41. The van der Waals surface area contributed by atoms with Gasteiger partial charge < -0.3 is 18.8 Å². The number of aromatic nitrogens is 2. The number of carbonyl (C=O) groups excluding carboxylic acids is 1. The lowest BCUT2D eigenvalue weighted by Crippen LogP contribution is -2.37. The lowest BCUT2D eigenvalue weighted by molar-refractivity contribution is -0.130. The van der Waals surface area contributed by atoms with Crippen LogP contribution in [-0.4, -0.2) is 53.9 Å². The van der Waals surface area contributed by atoms with E-state index in [4.69, 9.17) is 13.9 Å². The van der Waals surface area contributed by atoms with Crippen molar-refractivity contribution in [2.24, 2.45) is 5.41 Å². The van der Waals surface area contributed by atoms with Crippen molar-refractivity contribution in [3.05, 3.63) is 41.6 Å². The van der Waals surface area contributed by atoms with Gasteiger partial charge in [0, 0.05) is 37.6 Å². The van der Waals surface area contributed by atoms with Gasteiger partial charge in [-0.25, -0.2) is 0 Å². The monoisotopic (exact) mass is 413 g/mol. The molecule has 2 saturated heterocycles. The first kappa shape index (κ1) is 20.8. The summed E-state index contributed by atoms with van der Waals surface area (Å²) in [4.78, 5) is 15.1. The van der Waals surface area contributed by atoms with Gasteiger partial charge in [0.1, 0.15) is 5.75 Å². The van der Waals surface area contributed by atoms with Gasteiger partial charge in [0.25, 0.3) is 0 Å². The normalized spacial score (nSPS) is 20.8. The molecule has 7 heteroatoms. The molecule has 1 aromatic carbocycles. The van der Waals surface area contributed by atoms with Gasteiger partial charge in [0.15, 0.2) is 0 Å². The smallest absolute Gasteiger partial charge is 0.227 e. The third-order valence-electron chi connectivity index (χ3n) is 6.33. The van der Waals surface area contributed by atoms with Gasteiger partial charge in [0.05, 0.1) is 18.9 Å². The fourth-order valence-electron chi connectivity index (χ4n) is 4.56. The summed E-state index contributed by atoms with van der Waals surface area (Å²) >= 11 is 0. The molecule has 1 spiro atoms. The lowest BCUT2D eigenvalue weighted by Gasteiger charge is -2.36. The van der Waals surface area contributed by atoms with Crippen molar-refractivity contribution in [3.8, 4) is 5.75 Å². The third kappa shape index (κ3) is 4.21. The molecule has 0 bridgehead atoms. The van der Waals surface area contributed by atoms with Gasteiger partial charge in [-0.3, -0.25) is 4.79 Å². The quantitative estimate of drug-likeness (QED) is 0.721. The molecule has 162 valence electrons. The highest BCUT2D eigenvalue weighted by atomic mass is 16.5. The molecule has 0 aliphatic carbocycles. The predicted molar refractivity (Wildman–Crippen MR) is 112 cm³/mol. The summed E-state index contributed by atoms with van der Waals surface area (Å²) in [6.07, 6.45) is 2.20. The highest BCUT2D eigenvalue weighted by molar-refractivity contribution is 5.79. The number of nitrogens with zero attached hydrogens (tertiary/aromatic N) is 3. The standard InChI is InChI=1S/C23H31N3O4/c1-4-29-18-7-5-17(6-8-18)13-20(27)26-14-19(22-25-24-21(30-22)16(2)3)23(15-26)9-11-28-12-10-23/h5-8,16,19H,4,9-15H2,1-3H3. The van der Waals surface area contributed by atoms with Crippen LogP contribution in [0.2, 0.25) is 0 Å². The minimum absolute atomic E-state index is 0.0481. The van der Waals surface area contributed by atoms with Gasteiger partial charge >= 0.3 is 0 Å². The zero-order valence-corrected chi connectivity index (χ0v) is 18.1. The second kappa shape index (κ2) is 8.76. The molecule has 1 atom stereocenters. The van der Waals surface area contributed by atoms with E-state index in [-0.39, 0.29) is 23.2 Å². The number of rotatable bonds is 6. The number of hydrogen-bond donors (Lipinski definition) is 0. The van der Waals surface area contributed by atoms with Crippen molar-refractivity contribution < 1.29 is 18.7 Å². The van der Waals surface area contributed by atoms with Crippen molar-refractivity contribution in [1.82, 2.24) is 15.1 Å². The largest absolute Gasteiger partial charge is 0.494 e. The highest BCUT2D eigenvalue weighted by Gasteiger charge is 2.51. The van der Waals surface area contributed by atoms with Crippen LogP contribution in [0.4, 0.5) is 0 Å². The Balaban J connectivity index is 1.50. The first-order valence-electron chi connectivity index (χ1n) is 10.9. The molecule has 1 unspecified atom stereocenters. The minimum Gasteiger partial charge on any atom is -0.494 e. The number of amides is 1. The second-order valence-corrected chi connectivity index (χ2v) is 8.69. The summed E-state index contributed by atoms with van der Waals surface area (Å²) in [5.41, 5.74) is 0.945. The van der Waals surface area contributed by atoms with E-state index in [1.165, 1.54) is 0 Å². The van der Waals surface area contributed by atoms with E-state index in [0.717, 1.165) is 30.7 Å². The average molecular weight is 414 g/mol. The Morgan fingerprint density at radius 3 is 2.60 bits per heavy atom. The van der Waals surface area contributed by atoms with Crippen LogP contribution in [0.25, 0.3) is 0 Å². The summed E-state index contributed by atoms with van der Waals surface area (Å²) in [5, 5.41) is 8.60. The van der Waals surface area contributed by atoms with Crippen LogP contribution in [-0.2, 0) is 16.0 Å².